The van der Waals surface area contributed by atoms with Crippen LogP contribution in [0, 0.1) is 11.8 Å². The second-order valence-electron chi connectivity index (χ2n) is 7.30. The van der Waals surface area contributed by atoms with Crippen molar-refractivity contribution in [1.82, 2.24) is 5.32 Å². The van der Waals surface area contributed by atoms with E-state index in [4.69, 9.17) is 4.74 Å². The molecule has 0 aromatic heterocycles. The summed E-state index contributed by atoms with van der Waals surface area (Å²) >= 11 is 0. The van der Waals surface area contributed by atoms with E-state index in [0.717, 1.165) is 25.6 Å². The van der Waals surface area contributed by atoms with Gasteiger partial charge in [0.25, 0.3) is 0 Å². The molecule has 0 heterocycles. The molecule has 1 fully saturated rings. The lowest BCUT2D eigenvalue weighted by Gasteiger charge is -2.41. The third kappa shape index (κ3) is 7.15. The van der Waals surface area contributed by atoms with Crippen LogP contribution in [-0.4, -0.2) is 25.3 Å². The van der Waals surface area contributed by atoms with E-state index in [0.29, 0.717) is 5.92 Å². The zero-order valence-corrected chi connectivity index (χ0v) is 15.0. The van der Waals surface area contributed by atoms with Crippen LogP contribution in [0.2, 0.25) is 0 Å². The molecule has 0 radical (unpaired) electrons. The highest BCUT2D eigenvalue weighted by atomic mass is 16.5. The Morgan fingerprint density at radius 2 is 1.81 bits per heavy atom. The van der Waals surface area contributed by atoms with E-state index in [2.05, 4.69) is 33.0 Å². The first kappa shape index (κ1) is 19.0. The Labute approximate surface area is 133 Å². The van der Waals surface area contributed by atoms with Gasteiger partial charge in [-0.3, -0.25) is 0 Å². The predicted octanol–water partition coefficient (Wildman–Crippen LogP) is 5.17. The van der Waals surface area contributed by atoms with Gasteiger partial charge in [0.15, 0.2) is 0 Å². The van der Waals surface area contributed by atoms with Crippen molar-refractivity contribution in [3.05, 3.63) is 0 Å². The van der Waals surface area contributed by atoms with Gasteiger partial charge in [0.2, 0.25) is 0 Å². The average molecular weight is 298 g/mol. The molecule has 1 aliphatic rings. The lowest BCUT2D eigenvalue weighted by Crippen LogP contribution is -2.46. The standard InChI is InChI=1S/C19H39NO/c1-5-8-17(4)15-21-19(16-20-14-7-3)12-10-18(9-6-2)11-13-19/h17-18,20H,5-16H2,1-4H3. The fourth-order valence-corrected chi connectivity index (χ4v) is 3.66. The third-order valence-corrected chi connectivity index (χ3v) is 5.04. The molecule has 1 rings (SSSR count). The summed E-state index contributed by atoms with van der Waals surface area (Å²) in [6.45, 7) is 12.3. The fraction of sp³-hybridized carbons (Fsp3) is 1.00. The molecule has 0 bridgehead atoms. The van der Waals surface area contributed by atoms with Crippen molar-refractivity contribution in [2.45, 2.75) is 91.1 Å². The number of rotatable bonds is 11. The Morgan fingerprint density at radius 3 is 2.38 bits per heavy atom. The molecule has 1 aliphatic carbocycles. The summed E-state index contributed by atoms with van der Waals surface area (Å²) in [6.07, 6.45) is 11.8. The number of hydrogen-bond donors (Lipinski definition) is 1. The van der Waals surface area contributed by atoms with Gasteiger partial charge >= 0.3 is 0 Å². The molecule has 1 N–H and O–H groups in total. The van der Waals surface area contributed by atoms with Crippen molar-refractivity contribution in [2.75, 3.05) is 19.7 Å². The van der Waals surface area contributed by atoms with Crippen LogP contribution in [0.3, 0.4) is 0 Å². The van der Waals surface area contributed by atoms with E-state index in [1.807, 2.05) is 0 Å². The lowest BCUT2D eigenvalue weighted by atomic mass is 9.77. The first-order chi connectivity index (χ1) is 10.2. The molecule has 2 heteroatoms. The van der Waals surface area contributed by atoms with Crippen molar-refractivity contribution in [2.24, 2.45) is 11.8 Å². The minimum Gasteiger partial charge on any atom is -0.373 e. The minimum atomic E-state index is 0.126. The van der Waals surface area contributed by atoms with Gasteiger partial charge in [-0.2, -0.15) is 0 Å². The van der Waals surface area contributed by atoms with E-state index in [1.165, 1.54) is 57.8 Å². The van der Waals surface area contributed by atoms with Crippen LogP contribution in [0.25, 0.3) is 0 Å². The number of ether oxygens (including phenoxy) is 1. The van der Waals surface area contributed by atoms with Crippen LogP contribution in [-0.2, 0) is 4.74 Å². The van der Waals surface area contributed by atoms with Crippen molar-refractivity contribution in [3.63, 3.8) is 0 Å². The maximum atomic E-state index is 6.50. The van der Waals surface area contributed by atoms with Crippen LogP contribution in [0.5, 0.6) is 0 Å². The molecule has 126 valence electrons. The summed E-state index contributed by atoms with van der Waals surface area (Å²) in [5.74, 6) is 1.65. The summed E-state index contributed by atoms with van der Waals surface area (Å²) in [7, 11) is 0. The smallest absolute Gasteiger partial charge is 0.0806 e. The fourth-order valence-electron chi connectivity index (χ4n) is 3.66. The van der Waals surface area contributed by atoms with Crippen LogP contribution in [0.1, 0.15) is 85.5 Å². The van der Waals surface area contributed by atoms with E-state index < -0.39 is 0 Å². The molecule has 0 saturated heterocycles. The lowest BCUT2D eigenvalue weighted by molar-refractivity contribution is -0.0881. The van der Waals surface area contributed by atoms with Gasteiger partial charge in [-0.05, 0) is 56.9 Å². The van der Waals surface area contributed by atoms with Crippen molar-refractivity contribution in [1.29, 1.82) is 0 Å². The molecule has 2 nitrogen and oxygen atoms in total. The maximum Gasteiger partial charge on any atom is 0.0806 e. The quantitative estimate of drug-likeness (QED) is 0.531. The molecular formula is C19H39NO. The zero-order chi connectivity index (χ0) is 15.6. The van der Waals surface area contributed by atoms with E-state index >= 15 is 0 Å². The highest BCUT2D eigenvalue weighted by Crippen LogP contribution is 2.37. The topological polar surface area (TPSA) is 21.3 Å². The Balaban J connectivity index is 2.47. The third-order valence-electron chi connectivity index (χ3n) is 5.04. The first-order valence-electron chi connectivity index (χ1n) is 9.50. The van der Waals surface area contributed by atoms with Gasteiger partial charge < -0.3 is 10.1 Å². The van der Waals surface area contributed by atoms with E-state index in [-0.39, 0.29) is 5.60 Å². The first-order valence-corrected chi connectivity index (χ1v) is 9.50. The van der Waals surface area contributed by atoms with Gasteiger partial charge in [-0.15, -0.1) is 0 Å². The van der Waals surface area contributed by atoms with Gasteiger partial charge in [0.1, 0.15) is 0 Å². The maximum absolute atomic E-state index is 6.50. The Hall–Kier alpha value is -0.0800. The summed E-state index contributed by atoms with van der Waals surface area (Å²) in [4.78, 5) is 0. The number of nitrogens with one attached hydrogen (secondary N) is 1. The summed E-state index contributed by atoms with van der Waals surface area (Å²) < 4.78 is 6.50. The van der Waals surface area contributed by atoms with Crippen LogP contribution < -0.4 is 5.32 Å². The molecule has 0 aromatic carbocycles. The second kappa shape index (κ2) is 10.6. The van der Waals surface area contributed by atoms with Gasteiger partial charge in [0, 0.05) is 13.2 Å². The Kier molecular flexibility index (Phi) is 9.59. The molecule has 0 aliphatic heterocycles. The summed E-state index contributed by atoms with van der Waals surface area (Å²) in [5, 5.41) is 3.62. The molecule has 0 aromatic rings. The monoisotopic (exact) mass is 297 g/mol. The molecule has 1 saturated carbocycles. The Bertz CT molecular complexity index is 246. The van der Waals surface area contributed by atoms with Crippen molar-refractivity contribution < 1.29 is 4.74 Å². The van der Waals surface area contributed by atoms with Gasteiger partial charge in [-0.25, -0.2) is 0 Å². The molecule has 0 amide bonds. The minimum absolute atomic E-state index is 0.126. The summed E-state index contributed by atoms with van der Waals surface area (Å²) in [6, 6.07) is 0. The predicted molar refractivity (Wildman–Crippen MR) is 92.8 cm³/mol. The highest BCUT2D eigenvalue weighted by molar-refractivity contribution is 4.89. The largest absolute Gasteiger partial charge is 0.373 e. The average Bonchev–Trinajstić information content (AvgIpc) is 2.49. The van der Waals surface area contributed by atoms with E-state index in [9.17, 15) is 0 Å². The normalized spacial score (nSPS) is 27.7. The van der Waals surface area contributed by atoms with Gasteiger partial charge in [0.05, 0.1) is 5.60 Å². The molecular weight excluding hydrogens is 258 g/mol. The van der Waals surface area contributed by atoms with E-state index in [1.54, 1.807) is 0 Å². The van der Waals surface area contributed by atoms with Crippen molar-refractivity contribution in [3.8, 4) is 0 Å². The van der Waals surface area contributed by atoms with Crippen molar-refractivity contribution >= 4 is 0 Å². The van der Waals surface area contributed by atoms with Crippen LogP contribution in [0.15, 0.2) is 0 Å². The molecule has 1 atom stereocenters. The Morgan fingerprint density at radius 1 is 1.10 bits per heavy atom. The molecule has 21 heavy (non-hydrogen) atoms. The second-order valence-corrected chi connectivity index (χ2v) is 7.30. The SMILES string of the molecule is CCCNCC1(OCC(C)CCC)CCC(CCC)CC1. The number of hydrogen-bond acceptors (Lipinski definition) is 2. The highest BCUT2D eigenvalue weighted by Gasteiger charge is 2.35. The van der Waals surface area contributed by atoms with Crippen LogP contribution in [0.4, 0.5) is 0 Å². The van der Waals surface area contributed by atoms with Crippen LogP contribution >= 0.6 is 0 Å². The van der Waals surface area contributed by atoms with Gasteiger partial charge in [-0.1, -0.05) is 47.0 Å². The molecule has 0 spiro atoms. The molecule has 1 unspecified atom stereocenters. The zero-order valence-electron chi connectivity index (χ0n) is 15.0. The summed E-state index contributed by atoms with van der Waals surface area (Å²) in [5.41, 5.74) is 0.126.